The molecule has 19 nitrogen and oxygen atoms in total. The first-order valence-electron chi connectivity index (χ1n) is 19.0. The third kappa shape index (κ3) is 25.8. The highest BCUT2D eigenvalue weighted by Gasteiger charge is 2.35. The van der Waals surface area contributed by atoms with Crippen molar-refractivity contribution in [3.63, 3.8) is 0 Å². The molecule has 1 fully saturated rings. The Morgan fingerprint density at radius 3 is 1.51 bits per heavy atom. The zero-order chi connectivity index (χ0) is 40.5. The molecule has 0 aromatic heterocycles. The molecule has 1 rings (SSSR count). The van der Waals surface area contributed by atoms with Crippen molar-refractivity contribution >= 4 is 29.5 Å². The van der Waals surface area contributed by atoms with Gasteiger partial charge in [0.1, 0.15) is 6.04 Å². The molecule has 1 saturated heterocycles. The Morgan fingerprint density at radius 1 is 0.691 bits per heavy atom. The van der Waals surface area contributed by atoms with Gasteiger partial charge in [-0.3, -0.25) is 28.9 Å². The predicted octanol–water partition coefficient (Wildman–Crippen LogP) is -0.978. The molecule has 3 N–H and O–H groups in total. The largest absolute Gasteiger partial charge is 0.382 e. The maximum absolute atomic E-state index is 13.0. The number of hydrogen-bond donors (Lipinski definition) is 2. The summed E-state index contributed by atoms with van der Waals surface area (Å²) in [6, 6.07) is -0.873. The molecule has 0 radical (unpaired) electrons. The number of carbonyl (C=O) groups is 5. The molecule has 320 valence electrons. The quantitative estimate of drug-likeness (QED) is 0.0567. The lowest BCUT2D eigenvalue weighted by Crippen LogP contribution is -2.51. The number of primary amides is 1. The minimum atomic E-state index is -0.873. The van der Waals surface area contributed by atoms with Gasteiger partial charge < -0.3 is 63.3 Å². The first-order valence-corrected chi connectivity index (χ1v) is 19.0. The van der Waals surface area contributed by atoms with E-state index in [2.05, 4.69) is 5.32 Å². The zero-order valence-corrected chi connectivity index (χ0v) is 33.3. The Bertz CT molecular complexity index is 1050. The molecule has 0 spiro atoms. The number of carbonyl (C=O) groups excluding carboxylic acids is 5. The molecule has 1 aliphatic heterocycles. The SMILES string of the molecule is COCCOCCOCCOCCOCCOCCOCCOCCN(CC(=O)NC(C(N)=O)C(C)C)C(=O)CCOCCOCCN1C(=O)CC(C)C1=O. The first kappa shape index (κ1) is 50.2. The van der Waals surface area contributed by atoms with Gasteiger partial charge in [-0.15, -0.1) is 0 Å². The van der Waals surface area contributed by atoms with E-state index in [-0.39, 0.29) is 102 Å². The molecule has 19 heteroatoms. The third-order valence-electron chi connectivity index (χ3n) is 7.91. The minimum absolute atomic E-state index is 0.00414. The van der Waals surface area contributed by atoms with E-state index in [1.165, 1.54) is 9.80 Å². The Balaban J connectivity index is 2.17. The molecule has 5 amide bonds. The van der Waals surface area contributed by atoms with E-state index >= 15 is 0 Å². The summed E-state index contributed by atoms with van der Waals surface area (Å²) < 4.78 is 54.1. The maximum Gasteiger partial charge on any atom is 0.240 e. The number of methoxy groups -OCH3 is 1. The van der Waals surface area contributed by atoms with Crippen LogP contribution in [0.3, 0.4) is 0 Å². The van der Waals surface area contributed by atoms with Crippen molar-refractivity contribution in [3.8, 4) is 0 Å². The number of imide groups is 1. The summed E-state index contributed by atoms with van der Waals surface area (Å²) in [7, 11) is 1.63. The van der Waals surface area contributed by atoms with Crippen molar-refractivity contribution in [2.45, 2.75) is 39.7 Å². The highest BCUT2D eigenvalue weighted by Crippen LogP contribution is 2.18. The lowest BCUT2D eigenvalue weighted by Gasteiger charge is -2.25. The van der Waals surface area contributed by atoms with E-state index in [1.807, 2.05) is 0 Å². The topological polar surface area (TPSA) is 222 Å². The third-order valence-corrected chi connectivity index (χ3v) is 7.91. The highest BCUT2D eigenvalue weighted by molar-refractivity contribution is 6.03. The van der Waals surface area contributed by atoms with E-state index in [9.17, 15) is 24.0 Å². The average Bonchev–Trinajstić information content (AvgIpc) is 3.39. The van der Waals surface area contributed by atoms with Crippen LogP contribution in [0.15, 0.2) is 0 Å². The molecule has 0 aromatic carbocycles. The summed E-state index contributed by atoms with van der Waals surface area (Å²) in [6.45, 7) is 12.3. The summed E-state index contributed by atoms with van der Waals surface area (Å²) in [5.74, 6) is -2.45. The molecule has 1 heterocycles. The van der Waals surface area contributed by atoms with Crippen LogP contribution >= 0.6 is 0 Å². The second-order valence-corrected chi connectivity index (χ2v) is 12.7. The lowest BCUT2D eigenvalue weighted by molar-refractivity contribution is -0.140. The van der Waals surface area contributed by atoms with Gasteiger partial charge in [-0.2, -0.15) is 0 Å². The number of nitrogens with zero attached hydrogens (tertiary/aromatic N) is 2. The summed E-state index contributed by atoms with van der Waals surface area (Å²) in [5.41, 5.74) is 5.42. The van der Waals surface area contributed by atoms with Crippen LogP contribution in [0, 0.1) is 11.8 Å². The van der Waals surface area contributed by atoms with Crippen molar-refractivity contribution in [2.75, 3.05) is 152 Å². The second-order valence-electron chi connectivity index (χ2n) is 12.7. The van der Waals surface area contributed by atoms with E-state index in [4.69, 9.17) is 53.1 Å². The number of hydrogen-bond acceptors (Lipinski definition) is 15. The normalized spacial score (nSPS) is 14.9. The molecule has 0 bridgehead atoms. The Morgan fingerprint density at radius 2 is 1.11 bits per heavy atom. The molecular weight excluding hydrogens is 728 g/mol. The molecule has 0 aliphatic carbocycles. The zero-order valence-electron chi connectivity index (χ0n) is 33.3. The summed E-state index contributed by atoms with van der Waals surface area (Å²) >= 11 is 0. The molecule has 0 saturated carbocycles. The Labute approximate surface area is 325 Å². The van der Waals surface area contributed by atoms with Crippen molar-refractivity contribution in [2.24, 2.45) is 17.6 Å². The summed E-state index contributed by atoms with van der Waals surface area (Å²) in [5, 5.41) is 2.60. The number of amides is 5. The van der Waals surface area contributed by atoms with Crippen LogP contribution in [0.1, 0.15) is 33.6 Å². The van der Waals surface area contributed by atoms with Crippen LogP contribution in [0.5, 0.6) is 0 Å². The van der Waals surface area contributed by atoms with Gasteiger partial charge in [-0.1, -0.05) is 20.8 Å². The van der Waals surface area contributed by atoms with Gasteiger partial charge in [-0.25, -0.2) is 0 Å². The number of likely N-dealkylation sites (tertiary alicyclic amines) is 1. The molecule has 2 unspecified atom stereocenters. The predicted molar refractivity (Wildman–Crippen MR) is 197 cm³/mol. The van der Waals surface area contributed by atoms with Gasteiger partial charge in [0.05, 0.1) is 145 Å². The number of rotatable bonds is 38. The standard InChI is InChI=1S/C36H66N4O15/c1-29(2)34(35(37)44)38-31(41)28-39(32(42)5-8-47-13-14-49-10-7-40-33(43)27-30(3)36(40)45)6-9-48-15-16-51-19-20-53-23-24-55-26-25-54-22-21-52-18-17-50-12-11-46-4/h29-30,34H,5-28H2,1-4H3,(H2,37,44)(H,38,41). The van der Waals surface area contributed by atoms with E-state index in [0.717, 1.165) is 0 Å². The molecular formula is C36H66N4O15. The van der Waals surface area contributed by atoms with E-state index in [0.29, 0.717) is 85.9 Å². The minimum Gasteiger partial charge on any atom is -0.382 e. The van der Waals surface area contributed by atoms with Crippen LogP contribution in [-0.4, -0.2) is 198 Å². The molecule has 2 atom stereocenters. The van der Waals surface area contributed by atoms with Gasteiger partial charge >= 0.3 is 0 Å². The van der Waals surface area contributed by atoms with Crippen molar-refractivity contribution in [1.29, 1.82) is 0 Å². The number of nitrogens with two attached hydrogens (primary N) is 1. The number of ether oxygens (including phenoxy) is 10. The first-order chi connectivity index (χ1) is 26.6. The number of nitrogens with one attached hydrogen (secondary N) is 1. The van der Waals surface area contributed by atoms with Crippen molar-refractivity contribution in [1.82, 2.24) is 15.1 Å². The fourth-order valence-electron chi connectivity index (χ4n) is 4.87. The molecule has 1 aliphatic rings. The van der Waals surface area contributed by atoms with Gasteiger partial charge in [0.15, 0.2) is 0 Å². The molecule has 55 heavy (non-hydrogen) atoms. The van der Waals surface area contributed by atoms with Gasteiger partial charge in [0.2, 0.25) is 29.5 Å². The Hall–Kier alpha value is -2.85. The van der Waals surface area contributed by atoms with Crippen molar-refractivity contribution < 1.29 is 71.3 Å². The smallest absolute Gasteiger partial charge is 0.240 e. The van der Waals surface area contributed by atoms with Gasteiger partial charge in [0, 0.05) is 26.0 Å². The fraction of sp³-hybridized carbons (Fsp3) is 0.861. The maximum atomic E-state index is 13.0. The van der Waals surface area contributed by atoms with E-state index < -0.39 is 17.9 Å². The van der Waals surface area contributed by atoms with E-state index in [1.54, 1.807) is 27.9 Å². The highest BCUT2D eigenvalue weighted by atomic mass is 16.6. The van der Waals surface area contributed by atoms with Crippen LogP contribution in [0.4, 0.5) is 0 Å². The van der Waals surface area contributed by atoms with Gasteiger partial charge in [0.25, 0.3) is 0 Å². The van der Waals surface area contributed by atoms with Gasteiger partial charge in [-0.05, 0) is 5.92 Å². The average molecular weight is 795 g/mol. The second kappa shape index (κ2) is 33.3. The lowest BCUT2D eigenvalue weighted by atomic mass is 10.0. The van der Waals surface area contributed by atoms with Crippen molar-refractivity contribution in [3.05, 3.63) is 0 Å². The molecule has 0 aromatic rings. The van der Waals surface area contributed by atoms with Crippen LogP contribution in [0.25, 0.3) is 0 Å². The fourth-order valence-corrected chi connectivity index (χ4v) is 4.87. The summed E-state index contributed by atoms with van der Waals surface area (Å²) in [4.78, 5) is 63.9. The van der Waals surface area contributed by atoms with Crippen LogP contribution in [0.2, 0.25) is 0 Å². The van der Waals surface area contributed by atoms with Crippen LogP contribution in [-0.2, 0) is 71.3 Å². The summed E-state index contributed by atoms with van der Waals surface area (Å²) in [6.07, 6.45) is 0.215. The van der Waals surface area contributed by atoms with Crippen LogP contribution < -0.4 is 11.1 Å². The Kier molecular flexibility index (Phi) is 30.4. The monoisotopic (exact) mass is 794 g/mol.